The third-order valence-electron chi connectivity index (χ3n) is 2.57. The number of benzene rings is 1. The summed E-state index contributed by atoms with van der Waals surface area (Å²) in [6, 6.07) is 7.12. The van der Waals surface area contributed by atoms with Gasteiger partial charge in [0.05, 0.1) is 5.69 Å². The van der Waals surface area contributed by atoms with E-state index in [1.165, 1.54) is 0 Å². The fourth-order valence-corrected chi connectivity index (χ4v) is 1.53. The summed E-state index contributed by atoms with van der Waals surface area (Å²) >= 11 is 0. The van der Waals surface area contributed by atoms with Crippen molar-refractivity contribution >= 4 is 11.6 Å². The minimum Gasteiger partial charge on any atom is -0.441 e. The van der Waals surface area contributed by atoms with E-state index in [1.807, 2.05) is 19.9 Å². The van der Waals surface area contributed by atoms with Gasteiger partial charge in [0.1, 0.15) is 12.4 Å². The summed E-state index contributed by atoms with van der Waals surface area (Å²) < 4.78 is 5.51. The highest BCUT2D eigenvalue weighted by atomic mass is 16.4. The van der Waals surface area contributed by atoms with E-state index in [2.05, 4.69) is 10.3 Å². The van der Waals surface area contributed by atoms with Crippen molar-refractivity contribution in [2.24, 2.45) is 0 Å². The van der Waals surface area contributed by atoms with Crippen LogP contribution in [0.1, 0.15) is 11.5 Å². The van der Waals surface area contributed by atoms with Crippen molar-refractivity contribution in [3.05, 3.63) is 35.7 Å². The standard InChI is InChI=1S/C13H14N2O3/c1-8-9(2)18-13(14-8)10-4-3-5-11(6-10)15-12(17)7-16/h3-6,16H,7H2,1-2H3,(H,15,17). The summed E-state index contributed by atoms with van der Waals surface area (Å²) in [6.07, 6.45) is 0. The van der Waals surface area contributed by atoms with Crippen molar-refractivity contribution < 1.29 is 14.3 Å². The zero-order chi connectivity index (χ0) is 13.1. The average Bonchev–Trinajstić information content (AvgIpc) is 2.70. The number of aryl methyl sites for hydroxylation is 2. The van der Waals surface area contributed by atoms with Crippen LogP contribution in [0.2, 0.25) is 0 Å². The van der Waals surface area contributed by atoms with Gasteiger partial charge >= 0.3 is 0 Å². The van der Waals surface area contributed by atoms with E-state index in [0.29, 0.717) is 11.6 Å². The molecule has 0 saturated heterocycles. The third-order valence-corrected chi connectivity index (χ3v) is 2.57. The van der Waals surface area contributed by atoms with E-state index in [9.17, 15) is 4.79 Å². The van der Waals surface area contributed by atoms with Gasteiger partial charge in [0.2, 0.25) is 11.8 Å². The van der Waals surface area contributed by atoms with E-state index in [-0.39, 0.29) is 0 Å². The van der Waals surface area contributed by atoms with Crippen molar-refractivity contribution in [1.82, 2.24) is 4.98 Å². The molecule has 94 valence electrons. The van der Waals surface area contributed by atoms with Crippen molar-refractivity contribution in [3.8, 4) is 11.5 Å². The van der Waals surface area contributed by atoms with Crippen LogP contribution >= 0.6 is 0 Å². The zero-order valence-electron chi connectivity index (χ0n) is 10.2. The van der Waals surface area contributed by atoms with E-state index in [0.717, 1.165) is 17.0 Å². The molecule has 0 spiro atoms. The van der Waals surface area contributed by atoms with Crippen molar-refractivity contribution in [1.29, 1.82) is 0 Å². The molecule has 5 heteroatoms. The molecule has 1 heterocycles. The first-order chi connectivity index (χ1) is 8.60. The third kappa shape index (κ3) is 2.57. The second kappa shape index (κ2) is 5.01. The van der Waals surface area contributed by atoms with Crippen LogP contribution in [0, 0.1) is 13.8 Å². The molecular formula is C13H14N2O3. The predicted molar refractivity (Wildman–Crippen MR) is 67.1 cm³/mol. The number of rotatable bonds is 3. The molecule has 0 aliphatic heterocycles. The van der Waals surface area contributed by atoms with Crippen LogP contribution in [-0.2, 0) is 4.79 Å². The number of aliphatic hydroxyl groups excluding tert-OH is 1. The Morgan fingerprint density at radius 3 is 2.83 bits per heavy atom. The Morgan fingerprint density at radius 1 is 1.44 bits per heavy atom. The molecule has 0 atom stereocenters. The number of oxazole rings is 1. The predicted octanol–water partition coefficient (Wildman–Crippen LogP) is 1.89. The monoisotopic (exact) mass is 246 g/mol. The zero-order valence-corrected chi connectivity index (χ0v) is 10.2. The summed E-state index contributed by atoms with van der Waals surface area (Å²) in [4.78, 5) is 15.4. The Bertz CT molecular complexity index is 556. The summed E-state index contributed by atoms with van der Waals surface area (Å²) in [5.74, 6) is 0.840. The largest absolute Gasteiger partial charge is 0.441 e. The van der Waals surface area contributed by atoms with Gasteiger partial charge in [-0.1, -0.05) is 6.07 Å². The summed E-state index contributed by atoms with van der Waals surface area (Å²) in [6.45, 7) is 3.18. The van der Waals surface area contributed by atoms with Gasteiger partial charge in [-0.25, -0.2) is 4.98 Å². The molecule has 0 saturated carbocycles. The second-order valence-electron chi connectivity index (χ2n) is 3.95. The smallest absolute Gasteiger partial charge is 0.250 e. The highest BCUT2D eigenvalue weighted by molar-refractivity contribution is 5.92. The molecule has 0 aliphatic rings. The molecule has 0 aliphatic carbocycles. The Balaban J connectivity index is 2.29. The number of aliphatic hydroxyl groups is 1. The lowest BCUT2D eigenvalue weighted by atomic mass is 10.2. The van der Waals surface area contributed by atoms with Gasteiger partial charge in [-0.3, -0.25) is 4.79 Å². The Labute approximate surface area is 104 Å². The van der Waals surface area contributed by atoms with Gasteiger partial charge in [0.25, 0.3) is 0 Å². The SMILES string of the molecule is Cc1nc(-c2cccc(NC(=O)CO)c2)oc1C. The Hall–Kier alpha value is -2.14. The van der Waals surface area contributed by atoms with Crippen LogP contribution in [-0.4, -0.2) is 22.6 Å². The highest BCUT2D eigenvalue weighted by Crippen LogP contribution is 2.23. The number of nitrogens with one attached hydrogen (secondary N) is 1. The molecule has 2 aromatic rings. The van der Waals surface area contributed by atoms with Crippen LogP contribution in [0.15, 0.2) is 28.7 Å². The number of hydrogen-bond acceptors (Lipinski definition) is 4. The summed E-state index contributed by atoms with van der Waals surface area (Å²) in [5, 5.41) is 11.2. The van der Waals surface area contributed by atoms with Crippen LogP contribution in [0.5, 0.6) is 0 Å². The minimum atomic E-state index is -0.540. The Kier molecular flexibility index (Phi) is 3.43. The maximum Gasteiger partial charge on any atom is 0.250 e. The lowest BCUT2D eigenvalue weighted by Gasteiger charge is -2.04. The molecule has 2 rings (SSSR count). The number of aromatic nitrogens is 1. The molecule has 1 aromatic carbocycles. The average molecular weight is 246 g/mol. The number of carbonyl (C=O) groups excluding carboxylic acids is 1. The molecule has 0 radical (unpaired) electrons. The molecule has 0 bridgehead atoms. The van der Waals surface area contributed by atoms with Gasteiger partial charge in [0.15, 0.2) is 0 Å². The first-order valence-electron chi connectivity index (χ1n) is 5.55. The molecule has 2 N–H and O–H groups in total. The molecule has 18 heavy (non-hydrogen) atoms. The van der Waals surface area contributed by atoms with Crippen molar-refractivity contribution in [2.75, 3.05) is 11.9 Å². The summed E-state index contributed by atoms with van der Waals surface area (Å²) in [7, 11) is 0. The maximum atomic E-state index is 11.1. The van der Waals surface area contributed by atoms with Crippen LogP contribution in [0.3, 0.4) is 0 Å². The van der Waals surface area contributed by atoms with Gasteiger partial charge in [0, 0.05) is 11.3 Å². The maximum absolute atomic E-state index is 11.1. The van der Waals surface area contributed by atoms with Crippen LogP contribution in [0.4, 0.5) is 5.69 Å². The lowest BCUT2D eigenvalue weighted by molar-refractivity contribution is -0.118. The van der Waals surface area contributed by atoms with Crippen LogP contribution in [0.25, 0.3) is 11.5 Å². The molecule has 0 unspecified atom stereocenters. The van der Waals surface area contributed by atoms with Crippen molar-refractivity contribution in [3.63, 3.8) is 0 Å². The van der Waals surface area contributed by atoms with Gasteiger partial charge in [-0.2, -0.15) is 0 Å². The topological polar surface area (TPSA) is 75.4 Å². The molecule has 1 amide bonds. The molecule has 5 nitrogen and oxygen atoms in total. The van der Waals surface area contributed by atoms with Gasteiger partial charge < -0.3 is 14.8 Å². The fraction of sp³-hybridized carbons (Fsp3) is 0.231. The van der Waals surface area contributed by atoms with Crippen molar-refractivity contribution in [2.45, 2.75) is 13.8 Å². The minimum absolute atomic E-state index is 0.452. The molecule has 0 fully saturated rings. The second-order valence-corrected chi connectivity index (χ2v) is 3.95. The van der Waals surface area contributed by atoms with Crippen LogP contribution < -0.4 is 5.32 Å². The number of anilines is 1. The van der Waals surface area contributed by atoms with E-state index in [4.69, 9.17) is 9.52 Å². The quantitative estimate of drug-likeness (QED) is 0.867. The summed E-state index contributed by atoms with van der Waals surface area (Å²) in [5.41, 5.74) is 2.22. The molecular weight excluding hydrogens is 232 g/mol. The number of carbonyl (C=O) groups is 1. The van der Waals surface area contributed by atoms with E-state index < -0.39 is 12.5 Å². The van der Waals surface area contributed by atoms with Gasteiger partial charge in [-0.15, -0.1) is 0 Å². The fourth-order valence-electron chi connectivity index (χ4n) is 1.53. The first-order valence-corrected chi connectivity index (χ1v) is 5.55. The normalized spacial score (nSPS) is 10.4. The van der Waals surface area contributed by atoms with Gasteiger partial charge in [-0.05, 0) is 32.0 Å². The van der Waals surface area contributed by atoms with E-state index in [1.54, 1.807) is 18.2 Å². The Morgan fingerprint density at radius 2 is 2.22 bits per heavy atom. The lowest BCUT2D eigenvalue weighted by Crippen LogP contribution is -2.15. The van der Waals surface area contributed by atoms with E-state index >= 15 is 0 Å². The molecule has 1 aromatic heterocycles. The first kappa shape index (κ1) is 12.3. The number of hydrogen-bond donors (Lipinski definition) is 2. The number of amides is 1. The highest BCUT2D eigenvalue weighted by Gasteiger charge is 2.09. The number of nitrogens with zero attached hydrogens (tertiary/aromatic N) is 1.